The summed E-state index contributed by atoms with van der Waals surface area (Å²) in [4.78, 5) is 27.3. The van der Waals surface area contributed by atoms with Crippen LogP contribution in [0.4, 0.5) is 0 Å². The summed E-state index contributed by atoms with van der Waals surface area (Å²) in [5, 5.41) is 0. The van der Waals surface area contributed by atoms with E-state index in [1.165, 1.54) is 19.3 Å². The largest absolute Gasteiger partial charge is 0.362 e. The highest BCUT2D eigenvalue weighted by atomic mass is 16.5. The maximum Gasteiger partial charge on any atom is 0.236 e. The van der Waals surface area contributed by atoms with E-state index >= 15 is 0 Å². The molecule has 0 N–H and O–H groups in total. The zero-order valence-electron chi connectivity index (χ0n) is 11.6. The lowest BCUT2D eigenvalue weighted by molar-refractivity contribution is -0.147. The van der Waals surface area contributed by atoms with Crippen molar-refractivity contribution < 1.29 is 14.3 Å². The van der Waals surface area contributed by atoms with Gasteiger partial charge in [-0.25, -0.2) is 0 Å². The molecule has 5 rings (SSSR count). The summed E-state index contributed by atoms with van der Waals surface area (Å²) < 4.78 is 5.86. The SMILES string of the molecule is C[C@@]12C=C[C@@H](O1)[C@@H]1C(=O)N([C@H]3C[C@H]4CC[C@H]3C4)C(=O)[C@@H]12. The number of hydrogen-bond donors (Lipinski definition) is 0. The second-order valence-electron chi connectivity index (χ2n) is 7.42. The fourth-order valence-corrected chi connectivity index (χ4v) is 5.53. The molecule has 3 heterocycles. The quantitative estimate of drug-likeness (QED) is 0.537. The molecule has 2 saturated carbocycles. The summed E-state index contributed by atoms with van der Waals surface area (Å²) in [6.07, 6.45) is 8.51. The van der Waals surface area contributed by atoms with Crippen molar-refractivity contribution in [2.45, 2.75) is 50.4 Å². The van der Waals surface area contributed by atoms with Crippen LogP contribution in [0.5, 0.6) is 0 Å². The van der Waals surface area contributed by atoms with E-state index in [-0.39, 0.29) is 35.8 Å². The van der Waals surface area contributed by atoms with Crippen LogP contribution < -0.4 is 0 Å². The Hall–Kier alpha value is -1.16. The number of hydrogen-bond acceptors (Lipinski definition) is 3. The van der Waals surface area contributed by atoms with E-state index in [4.69, 9.17) is 4.74 Å². The summed E-state index contributed by atoms with van der Waals surface area (Å²) in [5.41, 5.74) is -0.547. The van der Waals surface area contributed by atoms with Gasteiger partial charge in [-0.1, -0.05) is 18.6 Å². The van der Waals surface area contributed by atoms with Crippen LogP contribution in [0, 0.1) is 23.7 Å². The standard InChI is InChI=1S/C16H19NO3/c1-16-5-4-11(20-16)12-13(16)15(19)17(14(12)18)10-7-8-2-3-9(10)6-8/h4-5,8-13H,2-3,6-7H2,1H3/t8-,9-,10-,11+,12-,13+,16-/m0/s1. The minimum absolute atomic E-state index is 0.0342. The first kappa shape index (κ1) is 11.5. The molecule has 5 aliphatic rings. The van der Waals surface area contributed by atoms with Crippen molar-refractivity contribution in [3.63, 3.8) is 0 Å². The summed E-state index contributed by atoms with van der Waals surface area (Å²) in [5.74, 6) is 0.849. The topological polar surface area (TPSA) is 46.6 Å². The van der Waals surface area contributed by atoms with Crippen molar-refractivity contribution >= 4 is 11.8 Å². The number of rotatable bonds is 1. The number of carbonyl (C=O) groups excluding carboxylic acids is 2. The van der Waals surface area contributed by atoms with Crippen LogP contribution in [0.3, 0.4) is 0 Å². The molecule has 2 aliphatic carbocycles. The second kappa shape index (κ2) is 3.35. The zero-order chi connectivity index (χ0) is 13.6. The van der Waals surface area contributed by atoms with E-state index in [1.54, 1.807) is 4.90 Å². The van der Waals surface area contributed by atoms with Crippen molar-refractivity contribution in [2.75, 3.05) is 0 Å². The first-order chi connectivity index (χ1) is 9.58. The third-order valence-electron chi connectivity index (χ3n) is 6.40. The molecule has 2 amide bonds. The van der Waals surface area contributed by atoms with Crippen molar-refractivity contribution in [1.29, 1.82) is 0 Å². The zero-order valence-corrected chi connectivity index (χ0v) is 11.6. The number of carbonyl (C=O) groups is 2. The molecule has 0 aromatic rings. The van der Waals surface area contributed by atoms with Crippen LogP contribution in [0.1, 0.15) is 32.6 Å². The Bertz CT molecular complexity index is 556. The Morgan fingerprint density at radius 3 is 2.75 bits per heavy atom. The first-order valence-corrected chi connectivity index (χ1v) is 7.82. The number of likely N-dealkylation sites (tertiary alicyclic amines) is 1. The van der Waals surface area contributed by atoms with Crippen LogP contribution in [0.25, 0.3) is 0 Å². The first-order valence-electron chi connectivity index (χ1n) is 7.82. The molecule has 4 heteroatoms. The van der Waals surface area contributed by atoms with E-state index in [2.05, 4.69) is 0 Å². The Kier molecular flexibility index (Phi) is 1.93. The van der Waals surface area contributed by atoms with Gasteiger partial charge in [-0.2, -0.15) is 0 Å². The molecular weight excluding hydrogens is 254 g/mol. The van der Waals surface area contributed by atoms with Gasteiger partial charge in [0.15, 0.2) is 0 Å². The van der Waals surface area contributed by atoms with E-state index in [9.17, 15) is 9.59 Å². The molecule has 20 heavy (non-hydrogen) atoms. The fourth-order valence-electron chi connectivity index (χ4n) is 5.53. The Balaban J connectivity index is 1.52. The van der Waals surface area contributed by atoms with Crippen LogP contribution in [0.2, 0.25) is 0 Å². The molecule has 0 radical (unpaired) electrons. The summed E-state index contributed by atoms with van der Waals surface area (Å²) in [7, 11) is 0. The highest BCUT2D eigenvalue weighted by Crippen LogP contribution is 2.55. The van der Waals surface area contributed by atoms with E-state index in [0.29, 0.717) is 5.92 Å². The molecule has 4 fully saturated rings. The van der Waals surface area contributed by atoms with Gasteiger partial charge in [0.05, 0.1) is 23.5 Å². The highest BCUT2D eigenvalue weighted by Gasteiger charge is 2.67. The molecule has 4 nitrogen and oxygen atoms in total. The van der Waals surface area contributed by atoms with Crippen molar-refractivity contribution in [3.8, 4) is 0 Å². The minimum atomic E-state index is -0.547. The van der Waals surface area contributed by atoms with Gasteiger partial charge in [0.2, 0.25) is 11.8 Å². The molecule has 0 spiro atoms. The predicted molar refractivity (Wildman–Crippen MR) is 70.5 cm³/mol. The molecule has 2 saturated heterocycles. The number of ether oxygens (including phenoxy) is 1. The normalized spacial score (nSPS) is 55.4. The second-order valence-corrected chi connectivity index (χ2v) is 7.42. The lowest BCUT2D eigenvalue weighted by atomic mass is 9.78. The van der Waals surface area contributed by atoms with Crippen LogP contribution in [-0.2, 0) is 14.3 Å². The van der Waals surface area contributed by atoms with Crippen molar-refractivity contribution in [2.24, 2.45) is 23.7 Å². The molecule has 106 valence electrons. The summed E-state index contributed by atoms with van der Waals surface area (Å²) in [6.45, 7) is 1.95. The number of amides is 2. The smallest absolute Gasteiger partial charge is 0.236 e. The van der Waals surface area contributed by atoms with Gasteiger partial charge in [-0.05, 0) is 38.0 Å². The Morgan fingerprint density at radius 2 is 2.10 bits per heavy atom. The Morgan fingerprint density at radius 1 is 1.25 bits per heavy atom. The van der Waals surface area contributed by atoms with E-state index in [0.717, 1.165) is 12.3 Å². The van der Waals surface area contributed by atoms with Gasteiger partial charge >= 0.3 is 0 Å². The Labute approximate surface area is 118 Å². The number of fused-ring (bicyclic) bond motifs is 7. The number of nitrogens with zero attached hydrogens (tertiary/aromatic N) is 1. The maximum atomic E-state index is 12.8. The lowest BCUT2D eigenvalue weighted by Gasteiger charge is -2.32. The van der Waals surface area contributed by atoms with Crippen LogP contribution in [0.15, 0.2) is 12.2 Å². The average Bonchev–Trinajstić information content (AvgIpc) is 3.15. The molecule has 0 aromatic heterocycles. The molecule has 0 aromatic carbocycles. The molecule has 3 aliphatic heterocycles. The van der Waals surface area contributed by atoms with Crippen molar-refractivity contribution in [3.05, 3.63) is 12.2 Å². The van der Waals surface area contributed by atoms with Crippen LogP contribution >= 0.6 is 0 Å². The molecule has 4 bridgehead atoms. The van der Waals surface area contributed by atoms with Gasteiger partial charge in [-0.15, -0.1) is 0 Å². The van der Waals surface area contributed by atoms with Gasteiger partial charge in [-0.3, -0.25) is 14.5 Å². The maximum absolute atomic E-state index is 12.8. The van der Waals surface area contributed by atoms with Gasteiger partial charge < -0.3 is 4.74 Å². The predicted octanol–water partition coefficient (Wildman–Crippen LogP) is 1.50. The monoisotopic (exact) mass is 273 g/mol. The van der Waals surface area contributed by atoms with Gasteiger partial charge in [0, 0.05) is 6.04 Å². The molecule has 7 atom stereocenters. The van der Waals surface area contributed by atoms with Crippen molar-refractivity contribution in [1.82, 2.24) is 4.90 Å². The fraction of sp³-hybridized carbons (Fsp3) is 0.750. The average molecular weight is 273 g/mol. The molecular formula is C16H19NO3. The summed E-state index contributed by atoms with van der Waals surface area (Å²) in [6, 6.07) is 0.183. The summed E-state index contributed by atoms with van der Waals surface area (Å²) >= 11 is 0. The molecule has 0 unspecified atom stereocenters. The highest BCUT2D eigenvalue weighted by molar-refractivity contribution is 6.07. The lowest BCUT2D eigenvalue weighted by Crippen LogP contribution is -2.46. The third kappa shape index (κ3) is 1.14. The number of imide groups is 1. The van der Waals surface area contributed by atoms with Crippen LogP contribution in [-0.4, -0.2) is 34.5 Å². The van der Waals surface area contributed by atoms with Gasteiger partial charge in [0.1, 0.15) is 0 Å². The van der Waals surface area contributed by atoms with E-state index in [1.807, 2.05) is 19.1 Å². The van der Waals surface area contributed by atoms with Gasteiger partial charge in [0.25, 0.3) is 0 Å². The minimum Gasteiger partial charge on any atom is -0.362 e. The van der Waals surface area contributed by atoms with E-state index < -0.39 is 5.60 Å². The third-order valence-corrected chi connectivity index (χ3v) is 6.40.